The van der Waals surface area contributed by atoms with E-state index < -0.39 is 0 Å². The van der Waals surface area contributed by atoms with Crippen molar-refractivity contribution in [1.82, 2.24) is 5.32 Å². The summed E-state index contributed by atoms with van der Waals surface area (Å²) in [5.41, 5.74) is 0.185. The Bertz CT molecular complexity index is 371. The normalized spacial score (nSPS) is 46.3. The SMILES string of the molecule is CC12CCC3C=CC=CC3C1CC(=O)CN2. The van der Waals surface area contributed by atoms with Crippen LogP contribution >= 0.6 is 0 Å². The Hall–Kier alpha value is -0.890. The maximum absolute atomic E-state index is 11.6. The highest BCUT2D eigenvalue weighted by Gasteiger charge is 2.47. The predicted octanol–water partition coefficient (Wildman–Crippen LogP) is 2.08. The topological polar surface area (TPSA) is 29.1 Å². The van der Waals surface area contributed by atoms with Crippen molar-refractivity contribution in [1.29, 1.82) is 0 Å². The molecule has 0 bridgehead atoms. The van der Waals surface area contributed by atoms with Crippen molar-refractivity contribution in [3.05, 3.63) is 24.3 Å². The number of rotatable bonds is 0. The lowest BCUT2D eigenvalue weighted by Gasteiger charge is -2.51. The van der Waals surface area contributed by atoms with Gasteiger partial charge in [0.1, 0.15) is 5.78 Å². The zero-order valence-corrected chi connectivity index (χ0v) is 9.78. The molecule has 0 radical (unpaired) electrons. The van der Waals surface area contributed by atoms with E-state index in [4.69, 9.17) is 0 Å². The fourth-order valence-corrected chi connectivity index (χ4v) is 3.67. The van der Waals surface area contributed by atoms with Crippen LogP contribution in [0.5, 0.6) is 0 Å². The third-order valence-corrected chi connectivity index (χ3v) is 4.71. The zero-order valence-electron chi connectivity index (χ0n) is 9.78. The van der Waals surface area contributed by atoms with Crippen LogP contribution in [-0.2, 0) is 4.79 Å². The number of carbonyl (C=O) groups is 1. The molecule has 0 amide bonds. The summed E-state index contributed by atoms with van der Waals surface area (Å²) in [6, 6.07) is 0. The minimum absolute atomic E-state index is 0.185. The summed E-state index contributed by atoms with van der Waals surface area (Å²) in [5.74, 6) is 2.11. The van der Waals surface area contributed by atoms with E-state index in [2.05, 4.69) is 36.5 Å². The van der Waals surface area contributed by atoms with E-state index in [0.717, 1.165) is 6.42 Å². The predicted molar refractivity (Wildman–Crippen MR) is 64.0 cm³/mol. The second-order valence-corrected chi connectivity index (χ2v) is 5.67. The van der Waals surface area contributed by atoms with E-state index in [1.807, 2.05) is 0 Å². The van der Waals surface area contributed by atoms with Gasteiger partial charge in [-0.15, -0.1) is 0 Å². The molecule has 1 saturated carbocycles. The van der Waals surface area contributed by atoms with Crippen molar-refractivity contribution in [3.8, 4) is 0 Å². The fourth-order valence-electron chi connectivity index (χ4n) is 3.67. The van der Waals surface area contributed by atoms with Crippen LogP contribution < -0.4 is 5.32 Å². The van der Waals surface area contributed by atoms with Gasteiger partial charge >= 0.3 is 0 Å². The second kappa shape index (κ2) is 3.56. The lowest BCUT2D eigenvalue weighted by molar-refractivity contribution is -0.124. The van der Waals surface area contributed by atoms with Gasteiger partial charge in [0.15, 0.2) is 0 Å². The molecule has 4 atom stereocenters. The molecule has 3 rings (SSSR count). The molecule has 0 aromatic heterocycles. The molecule has 1 N–H and O–H groups in total. The van der Waals surface area contributed by atoms with Gasteiger partial charge in [0.2, 0.25) is 0 Å². The third-order valence-electron chi connectivity index (χ3n) is 4.71. The lowest BCUT2D eigenvalue weighted by atomic mass is 9.59. The van der Waals surface area contributed by atoms with Crippen molar-refractivity contribution in [2.24, 2.45) is 17.8 Å². The average Bonchev–Trinajstić information content (AvgIpc) is 2.31. The highest BCUT2D eigenvalue weighted by Crippen LogP contribution is 2.46. The largest absolute Gasteiger partial charge is 0.304 e. The number of ketones is 1. The van der Waals surface area contributed by atoms with E-state index in [1.54, 1.807) is 0 Å². The maximum atomic E-state index is 11.6. The van der Waals surface area contributed by atoms with Crippen LogP contribution in [0.4, 0.5) is 0 Å². The van der Waals surface area contributed by atoms with Crippen molar-refractivity contribution in [2.75, 3.05) is 6.54 Å². The van der Waals surface area contributed by atoms with Gasteiger partial charge in [0.25, 0.3) is 0 Å². The highest BCUT2D eigenvalue weighted by atomic mass is 16.1. The first kappa shape index (κ1) is 10.3. The standard InChI is InChI=1S/C14H19NO/c1-14-7-6-10-4-2-3-5-12(10)13(14)8-11(16)9-15-14/h2-5,10,12-13,15H,6-9H2,1H3. The Kier molecular flexibility index (Phi) is 2.28. The van der Waals surface area contributed by atoms with Gasteiger partial charge in [-0.1, -0.05) is 24.3 Å². The van der Waals surface area contributed by atoms with E-state index in [-0.39, 0.29) is 5.54 Å². The molecule has 16 heavy (non-hydrogen) atoms. The maximum Gasteiger partial charge on any atom is 0.147 e. The van der Waals surface area contributed by atoms with Crippen LogP contribution in [0.2, 0.25) is 0 Å². The molecule has 1 saturated heterocycles. The Balaban J connectivity index is 1.91. The number of nitrogens with one attached hydrogen (secondary N) is 1. The number of piperidine rings is 1. The summed E-state index contributed by atoms with van der Waals surface area (Å²) in [5, 5.41) is 3.47. The molecule has 2 heteroatoms. The number of fused-ring (bicyclic) bond motifs is 3. The Morgan fingerprint density at radius 1 is 1.38 bits per heavy atom. The van der Waals surface area contributed by atoms with Gasteiger partial charge in [-0.05, 0) is 37.5 Å². The van der Waals surface area contributed by atoms with Gasteiger partial charge < -0.3 is 5.32 Å². The van der Waals surface area contributed by atoms with E-state index in [0.29, 0.717) is 30.1 Å². The van der Waals surface area contributed by atoms with Crippen LogP contribution in [0.3, 0.4) is 0 Å². The molecule has 2 fully saturated rings. The van der Waals surface area contributed by atoms with Gasteiger partial charge in [-0.2, -0.15) is 0 Å². The third kappa shape index (κ3) is 1.47. The lowest BCUT2D eigenvalue weighted by Crippen LogP contribution is -2.60. The Morgan fingerprint density at radius 3 is 3.06 bits per heavy atom. The number of hydrogen-bond acceptors (Lipinski definition) is 2. The van der Waals surface area contributed by atoms with Crippen molar-refractivity contribution in [2.45, 2.75) is 31.7 Å². The number of Topliss-reactive ketones (excluding diaryl/α,β-unsaturated/α-hetero) is 1. The molecular weight excluding hydrogens is 198 g/mol. The smallest absolute Gasteiger partial charge is 0.147 e. The number of allylic oxidation sites excluding steroid dienone is 4. The minimum Gasteiger partial charge on any atom is -0.304 e. The fraction of sp³-hybridized carbons (Fsp3) is 0.643. The first-order valence-corrected chi connectivity index (χ1v) is 6.31. The van der Waals surface area contributed by atoms with E-state index >= 15 is 0 Å². The molecule has 86 valence electrons. The van der Waals surface area contributed by atoms with Gasteiger partial charge in [-0.3, -0.25) is 4.79 Å². The highest BCUT2D eigenvalue weighted by molar-refractivity contribution is 5.82. The summed E-state index contributed by atoms with van der Waals surface area (Å²) in [7, 11) is 0. The molecule has 0 spiro atoms. The second-order valence-electron chi connectivity index (χ2n) is 5.67. The van der Waals surface area contributed by atoms with Gasteiger partial charge in [0, 0.05) is 12.0 Å². The van der Waals surface area contributed by atoms with Gasteiger partial charge in [-0.25, -0.2) is 0 Å². The number of carbonyl (C=O) groups excluding carboxylic acids is 1. The monoisotopic (exact) mass is 217 g/mol. The van der Waals surface area contributed by atoms with Crippen molar-refractivity contribution < 1.29 is 4.79 Å². The minimum atomic E-state index is 0.185. The summed E-state index contributed by atoms with van der Waals surface area (Å²) in [6.07, 6.45) is 12.1. The quantitative estimate of drug-likeness (QED) is 0.673. The van der Waals surface area contributed by atoms with Crippen molar-refractivity contribution in [3.63, 3.8) is 0 Å². The summed E-state index contributed by atoms with van der Waals surface area (Å²) in [4.78, 5) is 11.6. The molecule has 2 nitrogen and oxygen atoms in total. The molecule has 2 aliphatic carbocycles. The average molecular weight is 217 g/mol. The van der Waals surface area contributed by atoms with Gasteiger partial charge in [0.05, 0.1) is 6.54 Å². The molecule has 0 aromatic carbocycles. The molecular formula is C14H19NO. The van der Waals surface area contributed by atoms with Crippen molar-refractivity contribution >= 4 is 5.78 Å². The summed E-state index contributed by atoms with van der Waals surface area (Å²) < 4.78 is 0. The van der Waals surface area contributed by atoms with Crippen LogP contribution in [0.1, 0.15) is 26.2 Å². The Morgan fingerprint density at radius 2 is 2.19 bits per heavy atom. The molecule has 3 aliphatic rings. The van der Waals surface area contributed by atoms with Crippen LogP contribution in [0.25, 0.3) is 0 Å². The number of hydrogen-bond donors (Lipinski definition) is 1. The van der Waals surface area contributed by atoms with Crippen LogP contribution in [0, 0.1) is 17.8 Å². The van der Waals surface area contributed by atoms with Crippen LogP contribution in [-0.4, -0.2) is 17.9 Å². The molecule has 0 aromatic rings. The zero-order chi connectivity index (χ0) is 11.2. The Labute approximate surface area is 96.8 Å². The summed E-state index contributed by atoms with van der Waals surface area (Å²) in [6.45, 7) is 2.87. The molecule has 4 unspecified atom stereocenters. The van der Waals surface area contributed by atoms with Crippen LogP contribution in [0.15, 0.2) is 24.3 Å². The first-order valence-electron chi connectivity index (χ1n) is 6.31. The molecule has 1 heterocycles. The summed E-state index contributed by atoms with van der Waals surface area (Å²) >= 11 is 0. The first-order chi connectivity index (χ1) is 7.69. The molecule has 1 aliphatic heterocycles. The van der Waals surface area contributed by atoms with E-state index in [9.17, 15) is 4.79 Å². The van der Waals surface area contributed by atoms with E-state index in [1.165, 1.54) is 12.8 Å².